The Morgan fingerprint density at radius 3 is 3.21 bits per heavy atom. The highest BCUT2D eigenvalue weighted by Gasteiger charge is 2.59. The molecule has 4 unspecified atom stereocenters. The van der Waals surface area contributed by atoms with E-state index in [-0.39, 0.29) is 29.6 Å². The molecule has 1 saturated heterocycles. The zero-order chi connectivity index (χ0) is 16.7. The van der Waals surface area contributed by atoms with Gasteiger partial charge in [0.1, 0.15) is 11.4 Å². The Bertz CT molecular complexity index is 621. The molecule has 1 aliphatic carbocycles. The number of ether oxygens (including phenoxy) is 2. The van der Waals surface area contributed by atoms with Gasteiger partial charge >= 0.3 is 0 Å². The fourth-order valence-electron chi connectivity index (χ4n) is 4.62. The molecule has 24 heavy (non-hydrogen) atoms. The van der Waals surface area contributed by atoms with Gasteiger partial charge in [-0.3, -0.25) is 4.79 Å². The molecule has 1 amide bonds. The predicted molar refractivity (Wildman–Crippen MR) is 88.7 cm³/mol. The van der Waals surface area contributed by atoms with Gasteiger partial charge in [0, 0.05) is 44.0 Å². The molecule has 1 spiro atoms. The summed E-state index contributed by atoms with van der Waals surface area (Å²) in [7, 11) is 0. The number of carbonyl (C=O) groups is 1. The van der Waals surface area contributed by atoms with Gasteiger partial charge in [0.2, 0.25) is 5.91 Å². The Morgan fingerprint density at radius 1 is 1.58 bits per heavy atom. The van der Waals surface area contributed by atoms with Crippen LogP contribution in [-0.2, 0) is 27.2 Å². The second kappa shape index (κ2) is 6.15. The van der Waals surface area contributed by atoms with Crippen LogP contribution in [0, 0.1) is 12.8 Å². The molecular formula is C18H27N3O3. The fraction of sp³-hybridized carbons (Fsp3) is 0.778. The Morgan fingerprint density at radius 2 is 2.46 bits per heavy atom. The van der Waals surface area contributed by atoms with E-state index in [1.54, 1.807) is 0 Å². The molecule has 0 bridgehead atoms. The summed E-state index contributed by atoms with van der Waals surface area (Å²) in [6.07, 6.45) is 6.60. The molecule has 132 valence electrons. The largest absolute Gasteiger partial charge is 0.375 e. The summed E-state index contributed by atoms with van der Waals surface area (Å²) < 4.78 is 14.1. The van der Waals surface area contributed by atoms with Crippen LogP contribution in [0.25, 0.3) is 0 Å². The summed E-state index contributed by atoms with van der Waals surface area (Å²) in [6.45, 7) is 6.39. The quantitative estimate of drug-likeness (QED) is 0.909. The number of aromatic nitrogens is 2. The lowest BCUT2D eigenvalue weighted by Gasteiger charge is -2.52. The number of fused-ring (bicyclic) bond motifs is 1. The molecule has 1 aromatic rings. The van der Waals surface area contributed by atoms with Crippen LogP contribution >= 0.6 is 0 Å². The minimum atomic E-state index is -0.279. The standard InChI is InChI=1S/C18H27N3O3/c1-3-23-16-10-15(18(16)6-4-8-24-18)20-17(22)13-5-7-21-12(2)19-11-14(21)9-13/h11,13,15-16H,3-10H2,1-2H3,(H,20,22). The molecule has 3 aliphatic rings. The average Bonchev–Trinajstić information content (AvgIpc) is 3.23. The molecule has 3 heterocycles. The van der Waals surface area contributed by atoms with Crippen LogP contribution in [0.15, 0.2) is 6.20 Å². The van der Waals surface area contributed by atoms with Gasteiger partial charge in [-0.05, 0) is 39.5 Å². The second-order valence-electron chi connectivity index (χ2n) is 7.29. The molecule has 1 N–H and O–H groups in total. The third-order valence-electron chi connectivity index (χ3n) is 6.02. The number of aryl methyl sites for hydroxylation is 1. The van der Waals surface area contributed by atoms with Crippen molar-refractivity contribution in [2.45, 2.75) is 70.2 Å². The van der Waals surface area contributed by atoms with Crippen LogP contribution in [0.1, 0.15) is 44.1 Å². The molecule has 6 nitrogen and oxygen atoms in total. The van der Waals surface area contributed by atoms with Crippen molar-refractivity contribution in [3.05, 3.63) is 17.7 Å². The van der Waals surface area contributed by atoms with Gasteiger partial charge in [0.15, 0.2) is 0 Å². The van der Waals surface area contributed by atoms with Crippen LogP contribution in [0.2, 0.25) is 0 Å². The first kappa shape index (κ1) is 16.1. The summed E-state index contributed by atoms with van der Waals surface area (Å²) in [5, 5.41) is 3.27. The lowest BCUT2D eigenvalue weighted by Crippen LogP contribution is -2.70. The molecule has 1 saturated carbocycles. The van der Waals surface area contributed by atoms with Gasteiger partial charge < -0.3 is 19.4 Å². The SMILES string of the molecule is CCOC1CC(NC(=O)C2CCn3c(cnc3C)C2)C12CCCO2. The van der Waals surface area contributed by atoms with Gasteiger partial charge in [0.25, 0.3) is 0 Å². The van der Waals surface area contributed by atoms with Crippen molar-refractivity contribution in [1.82, 2.24) is 14.9 Å². The maximum absolute atomic E-state index is 12.8. The molecule has 0 radical (unpaired) electrons. The normalized spacial score (nSPS) is 34.8. The van der Waals surface area contributed by atoms with Crippen LogP contribution in [0.4, 0.5) is 0 Å². The van der Waals surface area contributed by atoms with Gasteiger partial charge in [-0.15, -0.1) is 0 Å². The van der Waals surface area contributed by atoms with Gasteiger partial charge in [-0.25, -0.2) is 4.98 Å². The average molecular weight is 333 g/mol. The molecule has 6 heteroatoms. The first-order chi connectivity index (χ1) is 11.6. The fourth-order valence-corrected chi connectivity index (χ4v) is 4.62. The highest BCUT2D eigenvalue weighted by molar-refractivity contribution is 5.79. The molecular weight excluding hydrogens is 306 g/mol. The van der Waals surface area contributed by atoms with Crippen molar-refractivity contribution in [2.24, 2.45) is 5.92 Å². The maximum Gasteiger partial charge on any atom is 0.223 e. The number of hydrogen-bond donors (Lipinski definition) is 1. The number of imidazole rings is 1. The number of rotatable bonds is 4. The first-order valence-electron chi connectivity index (χ1n) is 9.21. The topological polar surface area (TPSA) is 65.4 Å². The van der Waals surface area contributed by atoms with Gasteiger partial charge in [0.05, 0.1) is 12.1 Å². The number of nitrogens with one attached hydrogen (secondary N) is 1. The Kier molecular flexibility index (Phi) is 4.12. The minimum absolute atomic E-state index is 0.0400. The lowest BCUT2D eigenvalue weighted by molar-refractivity contribution is -0.199. The molecule has 2 fully saturated rings. The summed E-state index contributed by atoms with van der Waals surface area (Å²) in [4.78, 5) is 17.1. The van der Waals surface area contributed by atoms with E-state index >= 15 is 0 Å². The Hall–Kier alpha value is -1.40. The first-order valence-corrected chi connectivity index (χ1v) is 9.21. The van der Waals surface area contributed by atoms with Crippen molar-refractivity contribution >= 4 is 5.91 Å². The monoisotopic (exact) mass is 333 g/mol. The van der Waals surface area contributed by atoms with Crippen molar-refractivity contribution in [1.29, 1.82) is 0 Å². The summed E-state index contributed by atoms with van der Waals surface area (Å²) in [5.41, 5.74) is 0.894. The smallest absolute Gasteiger partial charge is 0.223 e. The lowest BCUT2D eigenvalue weighted by atomic mass is 9.69. The maximum atomic E-state index is 12.8. The number of carbonyl (C=O) groups excluding carboxylic acids is 1. The van der Waals surface area contributed by atoms with E-state index in [1.807, 2.05) is 20.0 Å². The van der Waals surface area contributed by atoms with Crippen LogP contribution < -0.4 is 5.32 Å². The van der Waals surface area contributed by atoms with Gasteiger partial charge in [-0.2, -0.15) is 0 Å². The van der Waals surface area contributed by atoms with E-state index in [0.29, 0.717) is 6.61 Å². The van der Waals surface area contributed by atoms with E-state index < -0.39 is 0 Å². The summed E-state index contributed by atoms with van der Waals surface area (Å²) in [6, 6.07) is 0.0950. The molecule has 2 aliphatic heterocycles. The predicted octanol–water partition coefficient (Wildman–Crippen LogP) is 1.60. The number of amides is 1. The van der Waals surface area contributed by atoms with Crippen LogP contribution in [-0.4, -0.2) is 46.4 Å². The third-order valence-corrected chi connectivity index (χ3v) is 6.02. The second-order valence-corrected chi connectivity index (χ2v) is 7.29. The summed E-state index contributed by atoms with van der Waals surface area (Å²) >= 11 is 0. The van der Waals surface area contributed by atoms with Crippen molar-refractivity contribution < 1.29 is 14.3 Å². The Balaban J connectivity index is 1.40. The zero-order valence-corrected chi connectivity index (χ0v) is 14.6. The molecule has 0 aromatic carbocycles. The van der Waals surface area contributed by atoms with Crippen LogP contribution in [0.5, 0.6) is 0 Å². The molecule has 1 aromatic heterocycles. The minimum Gasteiger partial charge on any atom is -0.375 e. The van der Waals surface area contributed by atoms with E-state index in [0.717, 1.165) is 51.1 Å². The number of hydrogen-bond acceptors (Lipinski definition) is 4. The van der Waals surface area contributed by atoms with E-state index in [9.17, 15) is 4.79 Å². The van der Waals surface area contributed by atoms with E-state index in [1.165, 1.54) is 5.69 Å². The highest BCUT2D eigenvalue weighted by atomic mass is 16.6. The molecule has 4 atom stereocenters. The van der Waals surface area contributed by atoms with E-state index in [2.05, 4.69) is 14.9 Å². The van der Waals surface area contributed by atoms with Gasteiger partial charge in [-0.1, -0.05) is 0 Å². The highest BCUT2D eigenvalue weighted by Crippen LogP contribution is 2.45. The molecule has 4 rings (SSSR count). The Labute approximate surface area is 142 Å². The van der Waals surface area contributed by atoms with Crippen molar-refractivity contribution in [3.63, 3.8) is 0 Å². The zero-order valence-electron chi connectivity index (χ0n) is 14.6. The third kappa shape index (κ3) is 2.47. The van der Waals surface area contributed by atoms with Crippen molar-refractivity contribution in [2.75, 3.05) is 13.2 Å². The van der Waals surface area contributed by atoms with E-state index in [4.69, 9.17) is 9.47 Å². The number of nitrogens with zero attached hydrogens (tertiary/aromatic N) is 2. The summed E-state index contributed by atoms with van der Waals surface area (Å²) in [5.74, 6) is 1.24. The van der Waals surface area contributed by atoms with Crippen molar-refractivity contribution in [3.8, 4) is 0 Å². The van der Waals surface area contributed by atoms with Crippen LogP contribution in [0.3, 0.4) is 0 Å².